The maximum absolute atomic E-state index is 2.75. The van der Waals surface area contributed by atoms with E-state index in [-0.39, 0.29) is 24.3 Å². The van der Waals surface area contributed by atoms with Crippen molar-refractivity contribution in [2.45, 2.75) is 51.9 Å². The Morgan fingerprint density at radius 3 is 0.966 bits per heavy atom. The third-order valence-corrected chi connectivity index (χ3v) is 37.6. The van der Waals surface area contributed by atoms with Crippen molar-refractivity contribution in [3.8, 4) is 44.5 Å². The first-order valence-electron chi connectivity index (χ1n) is 41.2. The maximum atomic E-state index is 2.75. The molecule has 0 saturated heterocycles. The number of hydrogen-bond acceptors (Lipinski definition) is 8. The fraction of sp³-hybridized carbons (Fsp3) is 0.0741. The molecule has 12 heterocycles. The van der Waals surface area contributed by atoms with Crippen LogP contribution in [0.25, 0.3) is 249 Å². The third-order valence-electron chi connectivity index (χ3n) is 28.3. The fourth-order valence-corrected chi connectivity index (χ4v) is 32.9. The Morgan fingerprint density at radius 2 is 0.551 bits per heavy atom. The molecule has 0 spiro atoms. The average molecular weight is 1640 g/mol. The monoisotopic (exact) mass is 1630 g/mol. The molecule has 4 aliphatic heterocycles. The van der Waals surface area contributed by atoms with Gasteiger partial charge in [0.25, 0.3) is 0 Å². The molecular formula is C108H60B2S8. The highest BCUT2D eigenvalue weighted by atomic mass is 32.1. The van der Waals surface area contributed by atoms with Crippen LogP contribution >= 0.6 is 90.7 Å². The fourth-order valence-electron chi connectivity index (χ4n) is 23.3. The molecule has 0 N–H and O–H groups in total. The van der Waals surface area contributed by atoms with Gasteiger partial charge in [-0.05, 0) is 180 Å². The average Bonchev–Trinajstić information content (AvgIpc) is 1.27. The molecule has 0 amide bonds. The normalized spacial score (nSPS) is 13.8. The van der Waals surface area contributed by atoms with Gasteiger partial charge in [0.1, 0.15) is 0 Å². The molecule has 18 aromatic carbocycles. The summed E-state index contributed by atoms with van der Waals surface area (Å²) < 4.78 is 21.8. The minimum atomic E-state index is -0.333. The zero-order valence-electron chi connectivity index (χ0n) is 64.5. The molecule has 0 nitrogen and oxygen atoms in total. The minimum Gasteiger partial charge on any atom is -0.135 e. The molecule has 0 radical (unpaired) electrons. The van der Waals surface area contributed by atoms with Crippen LogP contribution < -0.4 is 32.8 Å². The molecule has 0 aliphatic carbocycles. The lowest BCUT2D eigenvalue weighted by Gasteiger charge is -2.37. The largest absolute Gasteiger partial charge is 0.244 e. The molecule has 8 aromatic heterocycles. The van der Waals surface area contributed by atoms with Crippen LogP contribution in [0.2, 0.25) is 0 Å². The summed E-state index contributed by atoms with van der Waals surface area (Å²) in [6.07, 6.45) is 0.852. The molecule has 118 heavy (non-hydrogen) atoms. The molecule has 4 aliphatic rings. The predicted molar refractivity (Wildman–Crippen MR) is 533 cm³/mol. The highest BCUT2D eigenvalue weighted by Gasteiger charge is 2.46. The van der Waals surface area contributed by atoms with Crippen LogP contribution in [-0.2, 0) is 17.3 Å². The molecule has 0 saturated carbocycles. The second-order valence-electron chi connectivity index (χ2n) is 35.8. The van der Waals surface area contributed by atoms with Gasteiger partial charge in [-0.15, -0.1) is 90.7 Å². The number of thiophene rings is 8. The Kier molecular flexibility index (Phi) is 12.1. The molecule has 26 aromatic rings. The van der Waals surface area contributed by atoms with Crippen molar-refractivity contribution in [3.05, 3.63) is 278 Å². The summed E-state index contributed by atoms with van der Waals surface area (Å²) in [6, 6.07) is 105. The maximum Gasteiger partial charge on any atom is 0.244 e. The first kappa shape index (κ1) is 64.9. The van der Waals surface area contributed by atoms with Crippen molar-refractivity contribution >= 4 is 341 Å². The summed E-state index contributed by atoms with van der Waals surface area (Å²) >= 11 is 15.9. The summed E-state index contributed by atoms with van der Waals surface area (Å²) in [7, 11) is 0. The molecule has 30 rings (SSSR count). The lowest BCUT2D eigenvalue weighted by Crippen LogP contribution is -2.57. The van der Waals surface area contributed by atoms with Gasteiger partial charge in [-0.3, -0.25) is 0 Å². The Bertz CT molecular complexity index is 9110. The van der Waals surface area contributed by atoms with E-state index in [1.807, 2.05) is 90.7 Å². The van der Waals surface area contributed by atoms with E-state index in [2.05, 4.69) is 295 Å². The zero-order valence-corrected chi connectivity index (χ0v) is 71.0. The van der Waals surface area contributed by atoms with Crippen LogP contribution in [0.4, 0.5) is 0 Å². The van der Waals surface area contributed by atoms with Crippen LogP contribution in [0.1, 0.15) is 51.3 Å². The van der Waals surface area contributed by atoms with E-state index in [0.717, 1.165) is 6.42 Å². The molecule has 0 unspecified atom stereocenters. The van der Waals surface area contributed by atoms with Gasteiger partial charge < -0.3 is 0 Å². The second kappa shape index (κ2) is 22.0. The molecule has 0 atom stereocenters. The topological polar surface area (TPSA) is 0 Å². The zero-order chi connectivity index (χ0) is 76.8. The van der Waals surface area contributed by atoms with Gasteiger partial charge in [0.15, 0.2) is 0 Å². The van der Waals surface area contributed by atoms with Gasteiger partial charge in [0.2, 0.25) is 13.4 Å². The van der Waals surface area contributed by atoms with Crippen LogP contribution in [0.3, 0.4) is 0 Å². The lowest BCUT2D eigenvalue weighted by molar-refractivity contribution is 0.523. The third kappa shape index (κ3) is 8.01. The van der Waals surface area contributed by atoms with Crippen molar-refractivity contribution in [1.29, 1.82) is 0 Å². The first-order valence-corrected chi connectivity index (χ1v) is 47.7. The molecule has 0 fully saturated rings. The van der Waals surface area contributed by atoms with Gasteiger partial charge in [0.05, 0.1) is 0 Å². The van der Waals surface area contributed by atoms with Crippen molar-refractivity contribution in [2.24, 2.45) is 0 Å². The van der Waals surface area contributed by atoms with Gasteiger partial charge in [-0.2, -0.15) is 0 Å². The van der Waals surface area contributed by atoms with E-state index < -0.39 is 0 Å². The lowest BCUT2D eigenvalue weighted by atomic mass is 9.30. The molecule has 10 heteroatoms. The van der Waals surface area contributed by atoms with E-state index in [9.17, 15) is 0 Å². The van der Waals surface area contributed by atoms with Crippen LogP contribution in [0, 0.1) is 0 Å². The SMILES string of the molecule is CC(C)(C)c1cc2c3c(c1)-c1c4sc5ccccc5c4cc4c1c(cc1c5cc(CC(C)(C)c6cc7c8c(c6)-c6cc9sc%10ccccc%10c9c9c6c(cc6sc%10ccccc%10c69)B8c6cc8sc9ccccc9c8c8c6c-7cc6sc7ccccc7c68)ccc5sc41)B3c1cc3c4ccccc4sc3c3cc4c(sc5ccccc54)c-2c13. The number of rotatable bonds is 3. The van der Waals surface area contributed by atoms with Gasteiger partial charge in [-0.1, -0.05) is 237 Å². The second-order valence-corrected chi connectivity index (χ2v) is 44.4. The van der Waals surface area contributed by atoms with E-state index in [0.29, 0.717) is 0 Å². The van der Waals surface area contributed by atoms with Crippen molar-refractivity contribution < 1.29 is 0 Å². The van der Waals surface area contributed by atoms with Gasteiger partial charge in [-0.25, -0.2) is 0 Å². The Labute approximate surface area is 708 Å². The first-order chi connectivity index (χ1) is 57.9. The smallest absolute Gasteiger partial charge is 0.135 e. The van der Waals surface area contributed by atoms with Crippen molar-refractivity contribution in [2.75, 3.05) is 0 Å². The van der Waals surface area contributed by atoms with Crippen molar-refractivity contribution in [3.63, 3.8) is 0 Å². The van der Waals surface area contributed by atoms with E-state index >= 15 is 0 Å². The van der Waals surface area contributed by atoms with Crippen LogP contribution in [-0.4, -0.2) is 13.4 Å². The summed E-state index contributed by atoms with van der Waals surface area (Å²) in [4.78, 5) is 0. The molecule has 0 bridgehead atoms. The van der Waals surface area contributed by atoms with Crippen LogP contribution in [0.15, 0.2) is 261 Å². The van der Waals surface area contributed by atoms with Gasteiger partial charge >= 0.3 is 0 Å². The highest BCUT2D eigenvalue weighted by Crippen LogP contribution is 2.58. The Balaban J connectivity index is 0.684. The van der Waals surface area contributed by atoms with E-state index in [4.69, 9.17) is 0 Å². The standard InChI is InChI=1S/C108H60B2S8/c1-107(2,3)51-37-69-97-91-71(41-65-53-20-6-14-28-78(53)117-105(65)97)103-67(55-22-8-13-27-77(55)115-103)43-73(91)109-74-44-68-60-36-50(34-35-84(60)116-104(68)72-42-66-54-21-7-15-29-79(54)118-106(66)98(92(72)74)70(38-51)102(69)109)49-108(4,5)52-39-63-61-45-85-93(56-23-9-16-30-80(56)111-85)99-89(61)75(47-87-95(99)58-25-11-18-32-82(58)113-87)110-76-48-88-96(59-26-12-19-33-83(59)114-88)100-90(76)62(64(40-52)101(63)110)46-86-94(100)57-24-10-17-31-81(57)112-86/h6-48H,49H2,1-5H3. The van der Waals surface area contributed by atoms with E-state index in [1.54, 1.807) is 0 Å². The van der Waals surface area contributed by atoms with Crippen LogP contribution in [0.5, 0.6) is 0 Å². The van der Waals surface area contributed by atoms with Crippen molar-refractivity contribution in [1.82, 2.24) is 0 Å². The number of hydrogen-bond donors (Lipinski definition) is 0. The summed E-state index contributed by atoms with van der Waals surface area (Å²) in [6.45, 7) is 12.4. The Hall–Kier alpha value is -11.1. The molecule has 546 valence electrons. The highest BCUT2D eigenvalue weighted by molar-refractivity contribution is 7.30. The quantitative estimate of drug-likeness (QED) is 0.155. The minimum absolute atomic E-state index is 0.0197. The predicted octanol–water partition coefficient (Wildman–Crippen LogP) is 30.0. The summed E-state index contributed by atoms with van der Waals surface area (Å²) in [5.41, 5.74) is 23.6. The number of benzene rings is 18. The summed E-state index contributed by atoms with van der Waals surface area (Å²) in [5.74, 6) is 0. The summed E-state index contributed by atoms with van der Waals surface area (Å²) in [5, 5.41) is 33.2. The van der Waals surface area contributed by atoms with E-state index in [1.165, 1.54) is 298 Å². The molecular weight excluding hydrogens is 1580 g/mol. The van der Waals surface area contributed by atoms with Gasteiger partial charge in [0, 0.05) is 194 Å². The number of fused-ring (bicyclic) bond motifs is 40. The Morgan fingerprint density at radius 1 is 0.220 bits per heavy atom.